The number of hydrogen-bond donors (Lipinski definition) is 0. The number of fused-ring (bicyclic) bond motifs is 3. The van der Waals surface area contributed by atoms with E-state index in [-0.39, 0.29) is 16.5 Å². The van der Waals surface area contributed by atoms with Gasteiger partial charge < -0.3 is 9.80 Å². The van der Waals surface area contributed by atoms with Gasteiger partial charge in [-0.3, -0.25) is 0 Å². The summed E-state index contributed by atoms with van der Waals surface area (Å²) in [5, 5.41) is 2.01. The van der Waals surface area contributed by atoms with Crippen molar-refractivity contribution in [1.82, 2.24) is 0 Å². The molecule has 0 unspecified atom stereocenters. The molecule has 0 aliphatic carbocycles. The Morgan fingerprint density at radius 3 is 2.03 bits per heavy atom. The zero-order chi connectivity index (χ0) is 23.4. The third-order valence-corrected chi connectivity index (χ3v) is 10.5. The molecule has 0 aromatic heterocycles. The SMILES string of the molecule is CC(C)(C)P(c1ccccc1[C@H]1N(c2ccccc2)C[C@@H]2Cc3ccccc3N21)C(C)(C)C. The summed E-state index contributed by atoms with van der Waals surface area (Å²) in [5.74, 6) is 0. The number of benzene rings is 3. The van der Waals surface area contributed by atoms with Crippen molar-refractivity contribution < 1.29 is 0 Å². The van der Waals surface area contributed by atoms with E-state index in [2.05, 4.69) is 130 Å². The van der Waals surface area contributed by atoms with E-state index in [1.807, 2.05) is 0 Å². The van der Waals surface area contributed by atoms with Crippen molar-refractivity contribution in [1.29, 1.82) is 0 Å². The molecule has 3 aromatic carbocycles. The average Bonchev–Trinajstić information content (AvgIpc) is 3.29. The molecule has 0 radical (unpaired) electrons. The Bertz CT molecular complexity index is 1110. The standard InChI is InChI=1S/C30H37N2P/c1-29(2,3)33(30(4,5)6)27-19-13-11-17-25(27)28-31(23-15-8-7-9-16-23)21-24-20-22-14-10-12-18-26(22)32(24)28/h7-19,24,28H,20-21H2,1-6H3/t24-,28-/m0/s1. The van der Waals surface area contributed by atoms with Crippen LogP contribution in [-0.2, 0) is 6.42 Å². The van der Waals surface area contributed by atoms with Gasteiger partial charge in [0.25, 0.3) is 0 Å². The summed E-state index contributed by atoms with van der Waals surface area (Å²) >= 11 is 0. The number of nitrogens with zero attached hydrogens (tertiary/aromatic N) is 2. The minimum absolute atomic E-state index is 0.215. The molecule has 1 saturated heterocycles. The molecule has 0 saturated carbocycles. The third kappa shape index (κ3) is 3.97. The maximum Gasteiger partial charge on any atom is 0.129 e. The maximum absolute atomic E-state index is 2.72. The fourth-order valence-corrected chi connectivity index (χ4v) is 10.4. The summed E-state index contributed by atoms with van der Waals surface area (Å²) < 4.78 is 0. The largest absolute Gasteiger partial charge is 0.345 e. The first kappa shape index (κ1) is 22.5. The molecule has 2 aliphatic heterocycles. The van der Waals surface area contributed by atoms with Gasteiger partial charge in [0.2, 0.25) is 0 Å². The van der Waals surface area contributed by atoms with Gasteiger partial charge in [-0.05, 0) is 45.8 Å². The smallest absolute Gasteiger partial charge is 0.129 e. The zero-order valence-corrected chi connectivity index (χ0v) is 21.8. The van der Waals surface area contributed by atoms with E-state index in [0.717, 1.165) is 13.0 Å². The van der Waals surface area contributed by atoms with E-state index in [9.17, 15) is 0 Å². The third-order valence-electron chi connectivity index (χ3n) is 6.97. The number of para-hydroxylation sites is 2. The highest BCUT2D eigenvalue weighted by Gasteiger charge is 2.47. The van der Waals surface area contributed by atoms with E-state index >= 15 is 0 Å². The van der Waals surface area contributed by atoms with Crippen LogP contribution in [-0.4, -0.2) is 22.9 Å². The molecule has 33 heavy (non-hydrogen) atoms. The van der Waals surface area contributed by atoms with Gasteiger partial charge in [-0.2, -0.15) is 0 Å². The van der Waals surface area contributed by atoms with Crippen molar-refractivity contribution in [3.8, 4) is 0 Å². The quantitative estimate of drug-likeness (QED) is 0.380. The average molecular weight is 457 g/mol. The van der Waals surface area contributed by atoms with E-state index in [1.54, 1.807) is 5.30 Å². The number of hydrogen-bond acceptors (Lipinski definition) is 2. The van der Waals surface area contributed by atoms with Crippen molar-refractivity contribution in [3.05, 3.63) is 90.0 Å². The second-order valence-electron chi connectivity index (χ2n) is 11.5. The van der Waals surface area contributed by atoms with E-state index in [0.29, 0.717) is 6.04 Å². The fraction of sp³-hybridized carbons (Fsp3) is 0.400. The molecule has 2 aliphatic rings. The number of rotatable bonds is 3. The topological polar surface area (TPSA) is 6.48 Å². The summed E-state index contributed by atoms with van der Waals surface area (Å²) in [6, 6.07) is 29.9. The first-order valence-electron chi connectivity index (χ1n) is 12.2. The second-order valence-corrected chi connectivity index (χ2v) is 15.3. The second kappa shape index (κ2) is 8.17. The molecular weight excluding hydrogens is 419 g/mol. The normalized spacial score (nSPS) is 20.3. The van der Waals surface area contributed by atoms with Gasteiger partial charge in [0.15, 0.2) is 0 Å². The van der Waals surface area contributed by atoms with Crippen LogP contribution in [0.4, 0.5) is 11.4 Å². The minimum Gasteiger partial charge on any atom is -0.345 e. The minimum atomic E-state index is -0.401. The molecule has 0 N–H and O–H groups in total. The molecule has 0 bridgehead atoms. The van der Waals surface area contributed by atoms with Crippen LogP contribution in [0.2, 0.25) is 0 Å². The molecule has 0 spiro atoms. The van der Waals surface area contributed by atoms with Crippen LogP contribution < -0.4 is 15.1 Å². The highest BCUT2D eigenvalue weighted by atomic mass is 31.1. The van der Waals surface area contributed by atoms with Gasteiger partial charge in [-0.15, -0.1) is 0 Å². The Morgan fingerprint density at radius 2 is 1.33 bits per heavy atom. The van der Waals surface area contributed by atoms with E-state index < -0.39 is 7.92 Å². The van der Waals surface area contributed by atoms with Gasteiger partial charge in [-0.25, -0.2) is 0 Å². The Hall–Kier alpha value is -2.31. The Labute approximate surface area is 201 Å². The van der Waals surface area contributed by atoms with Crippen molar-refractivity contribution >= 4 is 24.6 Å². The molecular formula is C30H37N2P. The van der Waals surface area contributed by atoms with Crippen molar-refractivity contribution in [3.63, 3.8) is 0 Å². The summed E-state index contributed by atoms with van der Waals surface area (Å²) in [6.45, 7) is 15.6. The van der Waals surface area contributed by atoms with Gasteiger partial charge in [0.1, 0.15) is 6.17 Å². The molecule has 3 heteroatoms. The summed E-state index contributed by atoms with van der Waals surface area (Å²) in [4.78, 5) is 5.37. The highest BCUT2D eigenvalue weighted by molar-refractivity contribution is 7.68. The lowest BCUT2D eigenvalue weighted by Gasteiger charge is -2.44. The zero-order valence-electron chi connectivity index (χ0n) is 20.9. The van der Waals surface area contributed by atoms with Crippen LogP contribution in [0.1, 0.15) is 58.8 Å². The van der Waals surface area contributed by atoms with Crippen LogP contribution in [0.5, 0.6) is 0 Å². The Kier molecular flexibility index (Phi) is 5.57. The van der Waals surface area contributed by atoms with E-state index in [1.165, 1.54) is 22.5 Å². The Morgan fingerprint density at radius 1 is 0.727 bits per heavy atom. The molecule has 2 atom stereocenters. The molecule has 5 rings (SSSR count). The van der Waals surface area contributed by atoms with Crippen LogP contribution in [0.25, 0.3) is 0 Å². The summed E-state index contributed by atoms with van der Waals surface area (Å²) in [7, 11) is -0.401. The Balaban J connectivity index is 1.71. The predicted molar refractivity (Wildman–Crippen MR) is 145 cm³/mol. The number of anilines is 2. The molecule has 172 valence electrons. The lowest BCUT2D eigenvalue weighted by Crippen LogP contribution is -2.38. The summed E-state index contributed by atoms with van der Waals surface area (Å²) in [5.41, 5.74) is 5.71. The van der Waals surface area contributed by atoms with Crippen LogP contribution in [0.3, 0.4) is 0 Å². The lowest BCUT2D eigenvalue weighted by atomic mass is 10.1. The van der Waals surface area contributed by atoms with Gasteiger partial charge in [0.05, 0.1) is 6.04 Å². The van der Waals surface area contributed by atoms with Crippen molar-refractivity contribution in [2.75, 3.05) is 16.3 Å². The molecule has 2 heterocycles. The summed E-state index contributed by atoms with van der Waals surface area (Å²) in [6.07, 6.45) is 1.35. The van der Waals surface area contributed by atoms with Gasteiger partial charge >= 0.3 is 0 Å². The van der Waals surface area contributed by atoms with Crippen LogP contribution in [0, 0.1) is 0 Å². The molecule has 1 fully saturated rings. The maximum atomic E-state index is 2.72. The first-order chi connectivity index (χ1) is 15.7. The molecule has 2 nitrogen and oxygen atoms in total. The van der Waals surface area contributed by atoms with Crippen LogP contribution >= 0.6 is 7.92 Å². The fourth-order valence-electron chi connectivity index (χ4n) is 6.27. The van der Waals surface area contributed by atoms with Gasteiger partial charge in [0, 0.05) is 23.5 Å². The molecule has 3 aromatic rings. The van der Waals surface area contributed by atoms with Gasteiger partial charge in [-0.1, -0.05) is 110 Å². The van der Waals surface area contributed by atoms with E-state index in [4.69, 9.17) is 0 Å². The lowest BCUT2D eigenvalue weighted by molar-refractivity contribution is 0.686. The monoisotopic (exact) mass is 456 g/mol. The highest BCUT2D eigenvalue weighted by Crippen LogP contribution is 2.60. The first-order valence-corrected chi connectivity index (χ1v) is 13.6. The van der Waals surface area contributed by atoms with Crippen molar-refractivity contribution in [2.24, 2.45) is 0 Å². The van der Waals surface area contributed by atoms with Crippen LogP contribution in [0.15, 0.2) is 78.9 Å². The molecule has 0 amide bonds. The van der Waals surface area contributed by atoms with Crippen molar-refractivity contribution in [2.45, 2.75) is 70.5 Å². The predicted octanol–water partition coefficient (Wildman–Crippen LogP) is 7.34.